The number of pyridine rings is 1. The van der Waals surface area contributed by atoms with E-state index in [1.54, 1.807) is 6.20 Å². The van der Waals surface area contributed by atoms with Crippen molar-refractivity contribution >= 4 is 22.6 Å². The van der Waals surface area contributed by atoms with Crippen molar-refractivity contribution in [3.8, 4) is 11.8 Å². The maximum atomic E-state index is 6.20. The Hall–Kier alpha value is -1.50. The van der Waals surface area contributed by atoms with Crippen molar-refractivity contribution in [2.75, 3.05) is 0 Å². The number of rotatable bonds is 1. The molecule has 0 amide bonds. The molecule has 0 fully saturated rings. The van der Waals surface area contributed by atoms with Gasteiger partial charge in [0.05, 0.1) is 10.6 Å². The molecule has 3 nitrogen and oxygen atoms in total. The highest BCUT2D eigenvalue weighted by Gasteiger charge is 2.04. The zero-order chi connectivity index (χ0) is 11.5. The molecule has 0 radical (unpaired) electrons. The molecule has 1 atom stereocenters. The highest BCUT2D eigenvalue weighted by atomic mass is 35.5. The molecule has 2 aromatic heterocycles. The molecule has 0 aliphatic heterocycles. The van der Waals surface area contributed by atoms with E-state index in [2.05, 4.69) is 21.8 Å². The first-order valence-corrected chi connectivity index (χ1v) is 5.42. The second-order valence-corrected chi connectivity index (χ2v) is 4.09. The molecule has 2 rings (SSSR count). The maximum Gasteiger partial charge on any atom is 0.138 e. The lowest BCUT2D eigenvalue weighted by Gasteiger charge is -1.97. The Balaban J connectivity index is 2.36. The zero-order valence-corrected chi connectivity index (χ0v) is 9.67. The number of nitrogens with zero attached hydrogens (tertiary/aromatic N) is 1. The Morgan fingerprint density at radius 3 is 3.19 bits per heavy atom. The van der Waals surface area contributed by atoms with E-state index in [0.717, 1.165) is 16.6 Å². The molecule has 0 saturated carbocycles. The van der Waals surface area contributed by atoms with E-state index in [1.165, 1.54) is 0 Å². The van der Waals surface area contributed by atoms with E-state index in [4.69, 9.17) is 17.3 Å². The van der Waals surface area contributed by atoms with Gasteiger partial charge in [0.25, 0.3) is 0 Å². The van der Waals surface area contributed by atoms with Crippen LogP contribution in [0.4, 0.5) is 0 Å². The molecular weight excluding hydrogens is 222 g/mol. The number of aromatic amines is 1. The molecule has 2 heterocycles. The fourth-order valence-corrected chi connectivity index (χ4v) is 1.62. The van der Waals surface area contributed by atoms with Crippen LogP contribution in [0.1, 0.15) is 18.9 Å². The van der Waals surface area contributed by atoms with Gasteiger partial charge in [0, 0.05) is 30.2 Å². The first-order valence-electron chi connectivity index (χ1n) is 5.04. The lowest BCUT2D eigenvalue weighted by molar-refractivity contribution is 0.771. The summed E-state index contributed by atoms with van der Waals surface area (Å²) in [6.07, 6.45) is 4.14. The quantitative estimate of drug-likeness (QED) is 0.743. The molecule has 16 heavy (non-hydrogen) atoms. The van der Waals surface area contributed by atoms with Crippen LogP contribution < -0.4 is 5.73 Å². The molecule has 0 bridgehead atoms. The molecule has 0 aliphatic rings. The summed E-state index contributed by atoms with van der Waals surface area (Å²) < 4.78 is 0. The SMILES string of the molecule is C[C@H](N)CC#Cc1cnc2[nH]ccc2c1Cl. The van der Waals surface area contributed by atoms with Crippen LogP contribution >= 0.6 is 11.6 Å². The van der Waals surface area contributed by atoms with E-state index in [9.17, 15) is 0 Å². The Morgan fingerprint density at radius 2 is 2.44 bits per heavy atom. The van der Waals surface area contributed by atoms with E-state index < -0.39 is 0 Å². The smallest absolute Gasteiger partial charge is 0.138 e. The van der Waals surface area contributed by atoms with E-state index in [1.807, 2.05) is 19.2 Å². The molecule has 0 spiro atoms. The third-order valence-electron chi connectivity index (χ3n) is 2.17. The summed E-state index contributed by atoms with van der Waals surface area (Å²) in [5.74, 6) is 5.98. The second-order valence-electron chi connectivity index (χ2n) is 3.71. The monoisotopic (exact) mass is 233 g/mol. The summed E-state index contributed by atoms with van der Waals surface area (Å²) in [6, 6.07) is 1.97. The number of nitrogens with one attached hydrogen (secondary N) is 1. The van der Waals surface area contributed by atoms with Gasteiger partial charge in [-0.2, -0.15) is 0 Å². The summed E-state index contributed by atoms with van der Waals surface area (Å²) in [6.45, 7) is 1.92. The number of halogens is 1. The predicted octanol–water partition coefficient (Wildman–Crippen LogP) is 2.31. The van der Waals surface area contributed by atoms with Crippen molar-refractivity contribution in [1.29, 1.82) is 0 Å². The van der Waals surface area contributed by atoms with Gasteiger partial charge in [-0.15, -0.1) is 0 Å². The molecular formula is C12H12ClN3. The third kappa shape index (κ3) is 2.19. The van der Waals surface area contributed by atoms with Gasteiger partial charge in [0.1, 0.15) is 5.65 Å². The molecule has 4 heteroatoms. The van der Waals surface area contributed by atoms with Crippen LogP contribution in [0, 0.1) is 11.8 Å². The van der Waals surface area contributed by atoms with Crippen molar-refractivity contribution in [1.82, 2.24) is 9.97 Å². The van der Waals surface area contributed by atoms with Crippen LogP contribution in [0.5, 0.6) is 0 Å². The van der Waals surface area contributed by atoms with Gasteiger partial charge < -0.3 is 10.7 Å². The van der Waals surface area contributed by atoms with Crippen molar-refractivity contribution in [3.63, 3.8) is 0 Å². The van der Waals surface area contributed by atoms with E-state index in [-0.39, 0.29) is 6.04 Å². The van der Waals surface area contributed by atoms with Crippen LogP contribution in [-0.2, 0) is 0 Å². The van der Waals surface area contributed by atoms with Gasteiger partial charge in [-0.05, 0) is 13.0 Å². The predicted molar refractivity (Wildman–Crippen MR) is 66.2 cm³/mol. The van der Waals surface area contributed by atoms with Crippen LogP contribution in [-0.4, -0.2) is 16.0 Å². The van der Waals surface area contributed by atoms with E-state index >= 15 is 0 Å². The van der Waals surface area contributed by atoms with Gasteiger partial charge in [-0.25, -0.2) is 4.98 Å². The van der Waals surface area contributed by atoms with Crippen LogP contribution in [0.2, 0.25) is 5.02 Å². The summed E-state index contributed by atoms with van der Waals surface area (Å²) in [4.78, 5) is 7.22. The summed E-state index contributed by atoms with van der Waals surface area (Å²) in [5, 5.41) is 1.54. The number of hydrogen-bond acceptors (Lipinski definition) is 2. The fourth-order valence-electron chi connectivity index (χ4n) is 1.37. The average molecular weight is 234 g/mol. The second kappa shape index (κ2) is 4.56. The van der Waals surface area contributed by atoms with Gasteiger partial charge in [-0.3, -0.25) is 0 Å². The van der Waals surface area contributed by atoms with Crippen LogP contribution in [0.15, 0.2) is 18.5 Å². The van der Waals surface area contributed by atoms with Gasteiger partial charge in [0.2, 0.25) is 0 Å². The lowest BCUT2D eigenvalue weighted by Crippen LogP contribution is -2.12. The minimum atomic E-state index is 0.0789. The molecule has 3 N–H and O–H groups in total. The molecule has 2 aromatic rings. The molecule has 0 saturated heterocycles. The number of hydrogen-bond donors (Lipinski definition) is 2. The van der Waals surface area contributed by atoms with Crippen molar-refractivity contribution in [2.45, 2.75) is 19.4 Å². The first kappa shape index (κ1) is 11.0. The Bertz CT molecular complexity index is 560. The van der Waals surface area contributed by atoms with Gasteiger partial charge in [0.15, 0.2) is 0 Å². The highest BCUT2D eigenvalue weighted by molar-refractivity contribution is 6.36. The largest absolute Gasteiger partial charge is 0.346 e. The standard InChI is InChI=1S/C12H12ClN3/c1-8(14)3-2-4-9-7-16-12-10(11(9)13)5-6-15-12/h5-8H,3,14H2,1H3,(H,15,16)/t8-/m0/s1. The molecule has 82 valence electrons. The maximum absolute atomic E-state index is 6.20. The summed E-state index contributed by atoms with van der Waals surface area (Å²) in [5.41, 5.74) is 7.14. The van der Waals surface area contributed by atoms with Crippen LogP contribution in [0.25, 0.3) is 11.0 Å². The first-order chi connectivity index (χ1) is 7.68. The van der Waals surface area contributed by atoms with Crippen LogP contribution in [0.3, 0.4) is 0 Å². The Labute approximate surface area is 99.0 Å². The van der Waals surface area contributed by atoms with E-state index in [0.29, 0.717) is 11.4 Å². The molecule has 0 aliphatic carbocycles. The minimum absolute atomic E-state index is 0.0789. The Morgan fingerprint density at radius 1 is 1.62 bits per heavy atom. The zero-order valence-electron chi connectivity index (χ0n) is 8.92. The summed E-state index contributed by atoms with van der Waals surface area (Å²) in [7, 11) is 0. The van der Waals surface area contributed by atoms with Crippen molar-refractivity contribution < 1.29 is 0 Å². The number of H-pyrrole nitrogens is 1. The number of fused-ring (bicyclic) bond motifs is 1. The fraction of sp³-hybridized carbons (Fsp3) is 0.250. The highest BCUT2D eigenvalue weighted by Crippen LogP contribution is 2.24. The van der Waals surface area contributed by atoms with Crippen molar-refractivity contribution in [3.05, 3.63) is 29.0 Å². The topological polar surface area (TPSA) is 54.7 Å². The van der Waals surface area contributed by atoms with Gasteiger partial charge in [-0.1, -0.05) is 23.4 Å². The minimum Gasteiger partial charge on any atom is -0.346 e. The third-order valence-corrected chi connectivity index (χ3v) is 2.58. The summed E-state index contributed by atoms with van der Waals surface area (Å²) >= 11 is 6.20. The average Bonchev–Trinajstić information content (AvgIpc) is 2.69. The Kier molecular flexibility index (Phi) is 3.14. The van der Waals surface area contributed by atoms with Gasteiger partial charge >= 0.3 is 0 Å². The molecule has 0 aromatic carbocycles. The molecule has 0 unspecified atom stereocenters. The number of aromatic nitrogens is 2. The van der Waals surface area contributed by atoms with Crippen molar-refractivity contribution in [2.24, 2.45) is 5.73 Å². The lowest BCUT2D eigenvalue weighted by atomic mass is 10.2. The number of nitrogens with two attached hydrogens (primary N) is 1. The normalized spacial score (nSPS) is 12.2.